The lowest BCUT2D eigenvalue weighted by Crippen LogP contribution is -2.27. The van der Waals surface area contributed by atoms with Gasteiger partial charge in [0.1, 0.15) is 11.5 Å². The predicted octanol–water partition coefficient (Wildman–Crippen LogP) is 2.38. The lowest BCUT2D eigenvalue weighted by atomic mass is 9.95. The van der Waals surface area contributed by atoms with Crippen molar-refractivity contribution in [2.75, 3.05) is 20.4 Å². The minimum Gasteiger partial charge on any atom is -0.496 e. The highest BCUT2D eigenvalue weighted by Crippen LogP contribution is 2.37. The molecule has 1 atom stereocenters. The van der Waals surface area contributed by atoms with Gasteiger partial charge in [-0.3, -0.25) is 0 Å². The Morgan fingerprint density at radius 3 is 3.06 bits per heavy atom. The highest BCUT2D eigenvalue weighted by molar-refractivity contribution is 5.48. The Morgan fingerprint density at radius 1 is 1.33 bits per heavy atom. The summed E-state index contributed by atoms with van der Waals surface area (Å²) < 4.78 is 16.3. The van der Waals surface area contributed by atoms with Crippen LogP contribution in [0.3, 0.4) is 0 Å². The molecule has 2 aliphatic rings. The van der Waals surface area contributed by atoms with Gasteiger partial charge in [0.05, 0.1) is 13.7 Å². The Bertz CT molecular complexity index is 427. The first-order valence-electron chi connectivity index (χ1n) is 6.53. The molecule has 1 fully saturated rings. The number of fused-ring (bicyclic) bond motifs is 1. The molecule has 98 valence electrons. The van der Waals surface area contributed by atoms with E-state index in [0.717, 1.165) is 30.0 Å². The van der Waals surface area contributed by atoms with E-state index in [1.807, 2.05) is 6.07 Å². The van der Waals surface area contributed by atoms with Crippen molar-refractivity contribution in [3.05, 3.63) is 23.3 Å². The Kier molecular flexibility index (Phi) is 3.39. The van der Waals surface area contributed by atoms with Gasteiger partial charge in [-0.25, -0.2) is 0 Å². The summed E-state index contributed by atoms with van der Waals surface area (Å²) in [6.07, 6.45) is 3.68. The minimum absolute atomic E-state index is 0.344. The molecule has 0 amide bonds. The van der Waals surface area contributed by atoms with Crippen LogP contribution >= 0.6 is 0 Å². The van der Waals surface area contributed by atoms with Crippen molar-refractivity contribution < 1.29 is 14.2 Å². The van der Waals surface area contributed by atoms with E-state index in [4.69, 9.17) is 14.2 Å². The van der Waals surface area contributed by atoms with Gasteiger partial charge in [-0.15, -0.1) is 0 Å². The first kappa shape index (κ1) is 11.8. The second-order valence-electron chi connectivity index (χ2n) is 4.82. The lowest BCUT2D eigenvalue weighted by molar-refractivity contribution is -0.0166. The zero-order chi connectivity index (χ0) is 12.4. The van der Waals surface area contributed by atoms with Crippen LogP contribution in [0.4, 0.5) is 0 Å². The smallest absolute Gasteiger partial charge is 0.189 e. The zero-order valence-electron chi connectivity index (χ0n) is 10.7. The third-order valence-electron chi connectivity index (χ3n) is 3.65. The predicted molar refractivity (Wildman–Crippen MR) is 67.9 cm³/mol. The Hall–Kier alpha value is -1.26. The number of methoxy groups -OCH3 is 1. The molecule has 18 heavy (non-hydrogen) atoms. The molecule has 1 aromatic rings. The van der Waals surface area contributed by atoms with Gasteiger partial charge < -0.3 is 19.5 Å². The number of hydrogen-bond donors (Lipinski definition) is 1. The maximum Gasteiger partial charge on any atom is 0.189 e. The van der Waals surface area contributed by atoms with E-state index in [1.54, 1.807) is 7.11 Å². The number of hydrogen-bond acceptors (Lipinski definition) is 4. The molecule has 1 aromatic carbocycles. The van der Waals surface area contributed by atoms with E-state index in [1.165, 1.54) is 18.4 Å². The Balaban J connectivity index is 1.95. The van der Waals surface area contributed by atoms with Crippen LogP contribution in [0.15, 0.2) is 12.1 Å². The number of rotatable bonds is 2. The van der Waals surface area contributed by atoms with Gasteiger partial charge in [-0.1, -0.05) is 6.42 Å². The fourth-order valence-corrected chi connectivity index (χ4v) is 2.69. The van der Waals surface area contributed by atoms with Crippen molar-refractivity contribution in [3.63, 3.8) is 0 Å². The second-order valence-corrected chi connectivity index (χ2v) is 4.82. The molecule has 1 N–H and O–H groups in total. The largest absolute Gasteiger partial charge is 0.496 e. The molecule has 0 spiro atoms. The van der Waals surface area contributed by atoms with Crippen molar-refractivity contribution in [1.82, 2.24) is 5.32 Å². The molecule has 1 saturated heterocycles. The molecule has 2 heterocycles. The highest BCUT2D eigenvalue weighted by atomic mass is 16.7. The van der Waals surface area contributed by atoms with Gasteiger partial charge >= 0.3 is 0 Å². The van der Waals surface area contributed by atoms with Crippen molar-refractivity contribution in [3.8, 4) is 11.5 Å². The fraction of sp³-hybridized carbons (Fsp3) is 0.571. The van der Waals surface area contributed by atoms with Crippen LogP contribution < -0.4 is 14.8 Å². The van der Waals surface area contributed by atoms with E-state index in [2.05, 4.69) is 11.4 Å². The van der Waals surface area contributed by atoms with E-state index >= 15 is 0 Å². The van der Waals surface area contributed by atoms with Crippen molar-refractivity contribution in [2.45, 2.75) is 31.9 Å². The zero-order valence-corrected chi connectivity index (χ0v) is 10.7. The summed E-state index contributed by atoms with van der Waals surface area (Å²) in [4.78, 5) is 0. The molecular weight excluding hydrogens is 230 g/mol. The van der Waals surface area contributed by atoms with Crippen LogP contribution in [-0.4, -0.2) is 20.4 Å². The third kappa shape index (κ3) is 2.18. The molecule has 0 bridgehead atoms. The summed E-state index contributed by atoms with van der Waals surface area (Å²) in [7, 11) is 1.72. The van der Waals surface area contributed by atoms with Gasteiger partial charge in [0.15, 0.2) is 6.79 Å². The fourth-order valence-electron chi connectivity index (χ4n) is 2.69. The highest BCUT2D eigenvalue weighted by Gasteiger charge is 2.22. The molecule has 4 heteroatoms. The van der Waals surface area contributed by atoms with Crippen LogP contribution in [0.2, 0.25) is 0 Å². The molecule has 2 aliphatic heterocycles. The summed E-state index contributed by atoms with van der Waals surface area (Å²) in [6, 6.07) is 4.53. The number of piperidine rings is 1. The monoisotopic (exact) mass is 249 g/mol. The van der Waals surface area contributed by atoms with Gasteiger partial charge in [0, 0.05) is 17.2 Å². The summed E-state index contributed by atoms with van der Waals surface area (Å²) in [5.74, 6) is 1.87. The summed E-state index contributed by atoms with van der Waals surface area (Å²) in [5, 5.41) is 3.55. The second kappa shape index (κ2) is 5.16. The SMILES string of the molecule is COc1cc2c(cc1C1CCCCN1)OCOC2. The first-order chi connectivity index (χ1) is 8.88. The van der Waals surface area contributed by atoms with E-state index in [-0.39, 0.29) is 0 Å². The Labute approximate surface area is 107 Å². The van der Waals surface area contributed by atoms with E-state index in [9.17, 15) is 0 Å². The van der Waals surface area contributed by atoms with Crippen LogP contribution in [0.25, 0.3) is 0 Å². The molecule has 1 unspecified atom stereocenters. The van der Waals surface area contributed by atoms with Gasteiger partial charge in [-0.05, 0) is 31.5 Å². The topological polar surface area (TPSA) is 39.7 Å². The molecule has 0 aromatic heterocycles. The van der Waals surface area contributed by atoms with Crippen LogP contribution in [-0.2, 0) is 11.3 Å². The molecule has 0 saturated carbocycles. The standard InChI is InChI=1S/C14H19NO3/c1-16-14-6-10-8-17-9-18-13(10)7-11(14)12-4-2-3-5-15-12/h6-7,12,15H,2-5,8-9H2,1H3. The number of benzene rings is 1. The molecule has 3 rings (SSSR count). The average molecular weight is 249 g/mol. The van der Waals surface area contributed by atoms with Crippen molar-refractivity contribution >= 4 is 0 Å². The van der Waals surface area contributed by atoms with E-state index < -0.39 is 0 Å². The Morgan fingerprint density at radius 2 is 2.28 bits per heavy atom. The minimum atomic E-state index is 0.344. The van der Waals surface area contributed by atoms with Crippen LogP contribution in [0.1, 0.15) is 36.4 Å². The van der Waals surface area contributed by atoms with Crippen molar-refractivity contribution in [2.24, 2.45) is 0 Å². The summed E-state index contributed by atoms with van der Waals surface area (Å²) in [5.41, 5.74) is 2.27. The molecule has 4 nitrogen and oxygen atoms in total. The van der Waals surface area contributed by atoms with E-state index in [0.29, 0.717) is 19.4 Å². The van der Waals surface area contributed by atoms with Gasteiger partial charge in [0.25, 0.3) is 0 Å². The summed E-state index contributed by atoms with van der Waals surface area (Å²) in [6.45, 7) is 2.02. The van der Waals surface area contributed by atoms with Crippen molar-refractivity contribution in [1.29, 1.82) is 0 Å². The number of ether oxygens (including phenoxy) is 3. The molecule has 0 radical (unpaired) electrons. The quantitative estimate of drug-likeness (QED) is 0.873. The van der Waals surface area contributed by atoms with Crippen LogP contribution in [0, 0.1) is 0 Å². The summed E-state index contributed by atoms with van der Waals surface area (Å²) >= 11 is 0. The third-order valence-corrected chi connectivity index (χ3v) is 3.65. The molecule has 0 aliphatic carbocycles. The maximum atomic E-state index is 5.55. The average Bonchev–Trinajstić information content (AvgIpc) is 2.46. The maximum absolute atomic E-state index is 5.55. The van der Waals surface area contributed by atoms with Gasteiger partial charge in [0.2, 0.25) is 0 Å². The lowest BCUT2D eigenvalue weighted by Gasteiger charge is -2.27. The first-order valence-corrected chi connectivity index (χ1v) is 6.53. The van der Waals surface area contributed by atoms with Crippen LogP contribution in [0.5, 0.6) is 11.5 Å². The molecular formula is C14H19NO3. The normalized spacial score (nSPS) is 23.1. The number of nitrogens with one attached hydrogen (secondary N) is 1. The van der Waals surface area contributed by atoms with Gasteiger partial charge in [-0.2, -0.15) is 0 Å².